The quantitative estimate of drug-likeness (QED) is 0.0998. The minimum Gasteiger partial charge on any atom is -0.308 e. The Kier molecular flexibility index (Phi) is 7.64. The summed E-state index contributed by atoms with van der Waals surface area (Å²) in [7, 11) is 0. The highest BCUT2D eigenvalue weighted by Gasteiger charge is 2.20. The molecule has 0 bridgehead atoms. The zero-order valence-corrected chi connectivity index (χ0v) is 28.7. The van der Waals surface area contributed by atoms with Gasteiger partial charge in [-0.1, -0.05) is 121 Å². The largest absolute Gasteiger partial charge is 0.308 e. The number of hydrogen-bond donors (Lipinski definition) is 0. The molecule has 7 aromatic rings. The fraction of sp³-hybridized carbons (Fsp3) is 0.130. The molecule has 0 aliphatic heterocycles. The monoisotopic (exact) mass is 661 g/mol. The molecule has 2 atom stereocenters. The molecule has 4 heteroatoms. The Hall–Kier alpha value is -5.76. The Balaban J connectivity index is 1.18. The Morgan fingerprint density at radius 3 is 2.54 bits per heavy atom. The number of thiophene rings is 1. The van der Waals surface area contributed by atoms with Crippen molar-refractivity contribution in [2.75, 3.05) is 0 Å². The average molecular weight is 662 g/mol. The van der Waals surface area contributed by atoms with Gasteiger partial charge in [0.25, 0.3) is 0 Å². The number of terminal acetylenes is 1. The molecule has 2 heterocycles. The van der Waals surface area contributed by atoms with Crippen molar-refractivity contribution >= 4 is 75.6 Å². The second-order valence-corrected chi connectivity index (χ2v) is 14.2. The molecule has 2 aliphatic rings. The van der Waals surface area contributed by atoms with Crippen molar-refractivity contribution < 1.29 is 0 Å². The summed E-state index contributed by atoms with van der Waals surface area (Å²) >= 11 is 1.82. The van der Waals surface area contributed by atoms with E-state index < -0.39 is 6.04 Å². The van der Waals surface area contributed by atoms with Gasteiger partial charge in [-0.2, -0.15) is 0 Å². The molecule has 0 spiro atoms. The predicted molar refractivity (Wildman–Crippen MR) is 216 cm³/mol. The van der Waals surface area contributed by atoms with Gasteiger partial charge in [0.1, 0.15) is 6.04 Å². The standard InChI is InChI=1S/C46H35N3S/c1-3-39(48-46(33-18-8-5-9-19-33)47-30(2)31-15-6-4-7-16-31)34-25-27-36-37-22-14-24-42(45(37)50-43(36)29-34)49-40-23-13-12-21-38(40)44-35-20-11-10-17-32(35)26-28-41(44)49/h1,4,6-8,10-15,17-29,31,39H,5,9,16H2,2H3. The second kappa shape index (κ2) is 12.6. The van der Waals surface area contributed by atoms with E-state index in [0.717, 1.165) is 36.1 Å². The summed E-state index contributed by atoms with van der Waals surface area (Å²) in [5.41, 5.74) is 6.70. The van der Waals surface area contributed by atoms with Crippen molar-refractivity contribution in [3.63, 3.8) is 0 Å². The van der Waals surface area contributed by atoms with Crippen LogP contribution in [0.2, 0.25) is 0 Å². The van der Waals surface area contributed by atoms with E-state index in [0.29, 0.717) is 5.84 Å². The highest BCUT2D eigenvalue weighted by atomic mass is 32.1. The molecule has 0 saturated carbocycles. The molecule has 0 amide bonds. The summed E-state index contributed by atoms with van der Waals surface area (Å²) in [5.74, 6) is 3.97. The highest BCUT2D eigenvalue weighted by molar-refractivity contribution is 7.26. The number of amidine groups is 1. The Morgan fingerprint density at radius 1 is 0.840 bits per heavy atom. The number of rotatable bonds is 5. The van der Waals surface area contributed by atoms with Crippen molar-refractivity contribution in [2.24, 2.45) is 15.9 Å². The molecule has 0 saturated heterocycles. The minimum atomic E-state index is -0.459. The van der Waals surface area contributed by atoms with Crippen LogP contribution < -0.4 is 0 Å². The number of fused-ring (bicyclic) bond motifs is 8. The van der Waals surface area contributed by atoms with E-state index in [4.69, 9.17) is 16.4 Å². The van der Waals surface area contributed by atoms with Crippen LogP contribution in [0.5, 0.6) is 0 Å². The van der Waals surface area contributed by atoms with Gasteiger partial charge < -0.3 is 4.57 Å². The van der Waals surface area contributed by atoms with Crippen LogP contribution in [-0.4, -0.2) is 16.1 Å². The molecule has 50 heavy (non-hydrogen) atoms. The van der Waals surface area contributed by atoms with Gasteiger partial charge in [0.2, 0.25) is 0 Å². The van der Waals surface area contributed by atoms with E-state index in [1.165, 1.54) is 58.4 Å². The fourth-order valence-corrected chi connectivity index (χ4v) is 8.82. The number of para-hydroxylation sites is 1. The van der Waals surface area contributed by atoms with Gasteiger partial charge in [-0.3, -0.25) is 0 Å². The van der Waals surface area contributed by atoms with Crippen molar-refractivity contribution in [1.82, 2.24) is 4.57 Å². The minimum absolute atomic E-state index is 0.264. The van der Waals surface area contributed by atoms with Gasteiger partial charge >= 0.3 is 0 Å². The van der Waals surface area contributed by atoms with Gasteiger partial charge in [-0.15, -0.1) is 17.8 Å². The van der Waals surface area contributed by atoms with Crippen LogP contribution in [0.25, 0.3) is 58.4 Å². The molecule has 5 aromatic carbocycles. The molecular weight excluding hydrogens is 627 g/mol. The van der Waals surface area contributed by atoms with Crippen molar-refractivity contribution in [3.05, 3.63) is 151 Å². The number of hydrogen-bond acceptors (Lipinski definition) is 2. The fourth-order valence-electron chi connectivity index (χ4n) is 7.56. The molecule has 2 aliphatic carbocycles. The van der Waals surface area contributed by atoms with Gasteiger partial charge in [-0.25, -0.2) is 9.98 Å². The number of allylic oxidation sites excluding steroid dienone is 6. The van der Waals surface area contributed by atoms with Crippen molar-refractivity contribution in [2.45, 2.75) is 32.2 Å². The van der Waals surface area contributed by atoms with Gasteiger partial charge in [0.05, 0.1) is 21.4 Å². The molecule has 2 aromatic heterocycles. The SMILES string of the molecule is C#CC(N=C(N=C(C)C1C=CC=CC1)C1=CCCC=C1)c1ccc2c(c1)sc1c(-n3c4ccccc4c4c5ccccc5ccc43)cccc12. The maximum Gasteiger partial charge on any atom is 0.155 e. The summed E-state index contributed by atoms with van der Waals surface area (Å²) in [6.07, 6.45) is 24.4. The molecule has 0 radical (unpaired) electrons. The number of aliphatic imine (C=N–C) groups is 2. The van der Waals surface area contributed by atoms with Crippen LogP contribution in [0.15, 0.2) is 155 Å². The second-order valence-electron chi connectivity index (χ2n) is 13.1. The highest BCUT2D eigenvalue weighted by Crippen LogP contribution is 2.43. The van der Waals surface area contributed by atoms with Crippen molar-refractivity contribution in [3.8, 4) is 18.0 Å². The Labute approximate surface area is 296 Å². The predicted octanol–water partition coefficient (Wildman–Crippen LogP) is 12.2. The average Bonchev–Trinajstić information content (AvgIpc) is 3.73. The van der Waals surface area contributed by atoms with E-state index in [-0.39, 0.29) is 5.92 Å². The summed E-state index contributed by atoms with van der Waals surface area (Å²) in [6.45, 7) is 2.10. The maximum atomic E-state index is 6.25. The first-order valence-electron chi connectivity index (χ1n) is 17.3. The van der Waals surface area contributed by atoms with Crippen LogP contribution in [-0.2, 0) is 0 Å². The Morgan fingerprint density at radius 2 is 1.70 bits per heavy atom. The number of aromatic nitrogens is 1. The summed E-state index contributed by atoms with van der Waals surface area (Å²) in [6, 6.07) is 34.8. The Bertz CT molecular complexity index is 2720. The summed E-state index contributed by atoms with van der Waals surface area (Å²) < 4.78 is 4.90. The smallest absolute Gasteiger partial charge is 0.155 e. The normalized spacial score (nSPS) is 17.3. The van der Waals surface area contributed by atoms with E-state index in [1.54, 1.807) is 0 Å². The lowest BCUT2D eigenvalue weighted by molar-refractivity contribution is 0.863. The van der Waals surface area contributed by atoms with Gasteiger partial charge in [0, 0.05) is 43.4 Å². The lowest BCUT2D eigenvalue weighted by atomic mass is 9.96. The summed E-state index contributed by atoms with van der Waals surface area (Å²) in [4.78, 5) is 10.3. The zero-order chi connectivity index (χ0) is 33.6. The van der Waals surface area contributed by atoms with Gasteiger partial charge in [0.15, 0.2) is 5.84 Å². The van der Waals surface area contributed by atoms with Crippen LogP contribution in [0, 0.1) is 18.3 Å². The van der Waals surface area contributed by atoms with E-state index in [1.807, 2.05) is 11.3 Å². The van der Waals surface area contributed by atoms with Crippen LogP contribution in [0.3, 0.4) is 0 Å². The third kappa shape index (κ3) is 5.14. The third-order valence-corrected chi connectivity index (χ3v) is 11.3. The van der Waals surface area contributed by atoms with Crippen LogP contribution in [0.1, 0.15) is 37.8 Å². The molecule has 0 N–H and O–H groups in total. The molecular formula is C46H35N3S. The molecule has 3 nitrogen and oxygen atoms in total. The molecule has 0 fully saturated rings. The van der Waals surface area contributed by atoms with E-state index in [2.05, 4.69) is 157 Å². The van der Waals surface area contributed by atoms with Crippen molar-refractivity contribution in [1.29, 1.82) is 0 Å². The lowest BCUT2D eigenvalue weighted by Crippen LogP contribution is -2.13. The number of benzene rings is 5. The molecule has 2 unspecified atom stereocenters. The lowest BCUT2D eigenvalue weighted by Gasteiger charge is -2.16. The maximum absolute atomic E-state index is 6.25. The van der Waals surface area contributed by atoms with Crippen LogP contribution >= 0.6 is 11.3 Å². The first-order chi connectivity index (χ1) is 24.7. The van der Waals surface area contributed by atoms with E-state index >= 15 is 0 Å². The van der Waals surface area contributed by atoms with Crippen LogP contribution in [0.4, 0.5) is 0 Å². The molecule has 9 rings (SSSR count). The third-order valence-electron chi connectivity index (χ3n) is 10.1. The van der Waals surface area contributed by atoms with Gasteiger partial charge in [-0.05, 0) is 66.8 Å². The summed E-state index contributed by atoms with van der Waals surface area (Å²) in [5, 5.41) is 7.56. The first kappa shape index (κ1) is 30.3. The molecule has 240 valence electrons. The topological polar surface area (TPSA) is 29.6 Å². The zero-order valence-electron chi connectivity index (χ0n) is 27.9. The first-order valence-corrected chi connectivity index (χ1v) is 18.2. The number of nitrogens with zero attached hydrogens (tertiary/aromatic N) is 3. The van der Waals surface area contributed by atoms with E-state index in [9.17, 15) is 0 Å².